The highest BCUT2D eigenvalue weighted by atomic mass is 14.3. The Hall–Kier alpha value is -3.10. The smallest absolute Gasteiger partial charge is 0.137 e. The van der Waals surface area contributed by atoms with Crippen LogP contribution in [0.5, 0.6) is 0 Å². The predicted octanol–water partition coefficient (Wildman–Crippen LogP) is 4.88. The van der Waals surface area contributed by atoms with E-state index in [2.05, 4.69) is 6.08 Å². The van der Waals surface area contributed by atoms with Crippen LogP contribution >= 0.6 is 0 Å². The van der Waals surface area contributed by atoms with Gasteiger partial charge in [-0.1, -0.05) is 65.8 Å². The molecule has 0 spiro atoms. The Balaban J connectivity index is 2.60. The van der Waals surface area contributed by atoms with Crippen molar-refractivity contribution < 1.29 is 0 Å². The predicted molar refractivity (Wildman–Crippen MR) is 89.3 cm³/mol. The Morgan fingerprint density at radius 2 is 1.59 bits per heavy atom. The van der Waals surface area contributed by atoms with Crippen molar-refractivity contribution in [3.05, 3.63) is 88.6 Å². The molecule has 0 bridgehead atoms. The Morgan fingerprint density at radius 3 is 2.23 bits per heavy atom. The van der Waals surface area contributed by atoms with Gasteiger partial charge in [-0.3, -0.25) is 0 Å². The molecule has 2 rings (SSSR count). The molecule has 0 amide bonds. The first-order chi connectivity index (χ1) is 10.6. The lowest BCUT2D eigenvalue weighted by Gasteiger charge is -2.04. The lowest BCUT2D eigenvalue weighted by Crippen LogP contribution is -1.88. The van der Waals surface area contributed by atoms with E-state index in [4.69, 9.17) is 0 Å². The highest BCUT2D eigenvalue weighted by Gasteiger charge is 2.07. The second-order valence-electron chi connectivity index (χ2n) is 5.13. The summed E-state index contributed by atoms with van der Waals surface area (Å²) in [6.07, 6.45) is 10.1. The van der Waals surface area contributed by atoms with Crippen molar-refractivity contribution in [3.63, 3.8) is 0 Å². The highest BCUT2D eigenvalue weighted by Crippen LogP contribution is 2.24. The van der Waals surface area contributed by atoms with Crippen molar-refractivity contribution in [1.82, 2.24) is 0 Å². The molecule has 1 aliphatic rings. The van der Waals surface area contributed by atoms with Gasteiger partial charge in [0.15, 0.2) is 0 Å². The average Bonchev–Trinajstić information content (AvgIpc) is 2.68. The number of rotatable bonds is 2. The molecule has 0 saturated heterocycles. The van der Waals surface area contributed by atoms with E-state index in [1.54, 1.807) is 0 Å². The molecule has 2 heteroatoms. The maximum atomic E-state index is 9.23. The number of nitriles is 2. The zero-order valence-electron chi connectivity index (χ0n) is 12.7. The van der Waals surface area contributed by atoms with Gasteiger partial charge in [0.05, 0.1) is 0 Å². The highest BCUT2D eigenvalue weighted by molar-refractivity contribution is 5.83. The Bertz CT molecular complexity index is 786. The number of hydrogen-bond donors (Lipinski definition) is 0. The lowest BCUT2D eigenvalue weighted by molar-refractivity contribution is 1.44. The molecule has 106 valence electrons. The van der Waals surface area contributed by atoms with E-state index in [0.29, 0.717) is 5.57 Å². The molecule has 0 radical (unpaired) electrons. The summed E-state index contributed by atoms with van der Waals surface area (Å²) in [7, 11) is 0. The van der Waals surface area contributed by atoms with Gasteiger partial charge < -0.3 is 0 Å². The van der Waals surface area contributed by atoms with E-state index in [-0.39, 0.29) is 5.57 Å². The largest absolute Gasteiger partial charge is 0.192 e. The van der Waals surface area contributed by atoms with Crippen molar-refractivity contribution in [1.29, 1.82) is 10.5 Å². The zero-order valence-corrected chi connectivity index (χ0v) is 12.7. The molecule has 0 N–H and O–H groups in total. The van der Waals surface area contributed by atoms with Crippen LogP contribution in [0.1, 0.15) is 19.4 Å². The maximum absolute atomic E-state index is 9.23. The second-order valence-corrected chi connectivity index (χ2v) is 5.13. The summed E-state index contributed by atoms with van der Waals surface area (Å²) in [5.41, 5.74) is 4.90. The Labute approximate surface area is 131 Å². The van der Waals surface area contributed by atoms with Crippen LogP contribution in [-0.2, 0) is 0 Å². The molecule has 0 atom stereocenters. The molecule has 0 aliphatic heterocycles. The fourth-order valence-corrected chi connectivity index (χ4v) is 2.31. The second kappa shape index (κ2) is 7.07. The molecule has 1 aliphatic carbocycles. The third-order valence-corrected chi connectivity index (χ3v) is 3.28. The van der Waals surface area contributed by atoms with Gasteiger partial charge in [0.2, 0.25) is 0 Å². The molecule has 1 aromatic rings. The van der Waals surface area contributed by atoms with Crippen molar-refractivity contribution in [3.8, 4) is 12.1 Å². The Kier molecular flexibility index (Phi) is 4.91. The van der Waals surface area contributed by atoms with Crippen LogP contribution in [0.2, 0.25) is 0 Å². The summed E-state index contributed by atoms with van der Waals surface area (Å²) < 4.78 is 0. The molecule has 0 fully saturated rings. The number of hydrogen-bond acceptors (Lipinski definition) is 2. The lowest BCUT2D eigenvalue weighted by atomic mass is 9.98. The van der Waals surface area contributed by atoms with Crippen molar-refractivity contribution in [2.75, 3.05) is 0 Å². The van der Waals surface area contributed by atoms with Crippen molar-refractivity contribution in [2.24, 2.45) is 0 Å². The van der Waals surface area contributed by atoms with Crippen LogP contribution in [0, 0.1) is 22.7 Å². The minimum absolute atomic E-state index is 0.118. The molecule has 1 aromatic carbocycles. The van der Waals surface area contributed by atoms with Gasteiger partial charge in [0.25, 0.3) is 0 Å². The Morgan fingerprint density at radius 1 is 0.909 bits per heavy atom. The van der Waals surface area contributed by atoms with E-state index in [1.807, 2.05) is 80.6 Å². The fraction of sp³-hybridized carbons (Fsp3) is 0.100. The minimum atomic E-state index is 0.118. The van der Waals surface area contributed by atoms with Crippen LogP contribution in [0.25, 0.3) is 5.57 Å². The molecule has 0 saturated carbocycles. The van der Waals surface area contributed by atoms with Gasteiger partial charge >= 0.3 is 0 Å². The summed E-state index contributed by atoms with van der Waals surface area (Å²) in [6.45, 7) is 4.08. The molecule has 0 aromatic heterocycles. The minimum Gasteiger partial charge on any atom is -0.192 e. The van der Waals surface area contributed by atoms with Gasteiger partial charge in [-0.05, 0) is 31.1 Å². The van der Waals surface area contributed by atoms with E-state index in [1.165, 1.54) is 5.57 Å². The molecular formula is C20H16N2. The standard InChI is InChI=1S/C20H16N2/c1-15-8-9-17(11-16(2)10-15)12-20(19(13-21)14-22)18-6-4-3-5-7-18/h3-12H,1-2H3/b17-12+. The molecular weight excluding hydrogens is 268 g/mol. The quantitative estimate of drug-likeness (QED) is 0.727. The first-order valence-corrected chi connectivity index (χ1v) is 7.00. The first kappa shape index (κ1) is 15.3. The summed E-state index contributed by atoms with van der Waals surface area (Å²) >= 11 is 0. The zero-order chi connectivity index (χ0) is 15.9. The average molecular weight is 284 g/mol. The van der Waals surface area contributed by atoms with Gasteiger partial charge in [-0.25, -0.2) is 0 Å². The summed E-state index contributed by atoms with van der Waals surface area (Å²) in [5.74, 6) is 0. The van der Waals surface area contributed by atoms with Crippen LogP contribution in [0.3, 0.4) is 0 Å². The summed E-state index contributed by atoms with van der Waals surface area (Å²) in [5, 5.41) is 18.5. The van der Waals surface area contributed by atoms with Crippen molar-refractivity contribution in [2.45, 2.75) is 13.8 Å². The SMILES string of the molecule is CC1=CC(C)=C/C(=C/C(=C(C#N)C#N)c2ccccc2)C=C1. The van der Waals surface area contributed by atoms with Gasteiger partial charge in [0, 0.05) is 5.57 Å². The van der Waals surface area contributed by atoms with E-state index in [0.717, 1.165) is 16.7 Å². The van der Waals surface area contributed by atoms with Gasteiger partial charge in [-0.2, -0.15) is 10.5 Å². The van der Waals surface area contributed by atoms with Crippen LogP contribution in [0.15, 0.2) is 83.0 Å². The third-order valence-electron chi connectivity index (χ3n) is 3.28. The monoisotopic (exact) mass is 284 g/mol. The number of allylic oxidation sites excluding steroid dienone is 10. The van der Waals surface area contributed by atoms with E-state index >= 15 is 0 Å². The van der Waals surface area contributed by atoms with Gasteiger partial charge in [0.1, 0.15) is 17.7 Å². The normalized spacial score (nSPS) is 15.2. The van der Waals surface area contributed by atoms with Crippen LogP contribution in [-0.4, -0.2) is 0 Å². The van der Waals surface area contributed by atoms with Crippen molar-refractivity contribution >= 4 is 5.57 Å². The topological polar surface area (TPSA) is 47.6 Å². The molecule has 22 heavy (non-hydrogen) atoms. The van der Waals surface area contributed by atoms with Crippen LogP contribution in [0.4, 0.5) is 0 Å². The fourth-order valence-electron chi connectivity index (χ4n) is 2.31. The van der Waals surface area contributed by atoms with E-state index in [9.17, 15) is 10.5 Å². The maximum Gasteiger partial charge on any atom is 0.137 e. The first-order valence-electron chi connectivity index (χ1n) is 7.00. The third kappa shape index (κ3) is 3.72. The summed E-state index contributed by atoms with van der Waals surface area (Å²) in [6, 6.07) is 13.5. The number of benzene rings is 1. The summed E-state index contributed by atoms with van der Waals surface area (Å²) in [4.78, 5) is 0. The molecule has 2 nitrogen and oxygen atoms in total. The number of nitrogens with zero attached hydrogens (tertiary/aromatic N) is 2. The molecule has 0 heterocycles. The van der Waals surface area contributed by atoms with Gasteiger partial charge in [-0.15, -0.1) is 0 Å². The van der Waals surface area contributed by atoms with E-state index < -0.39 is 0 Å². The molecule has 0 unspecified atom stereocenters. The van der Waals surface area contributed by atoms with Crippen LogP contribution < -0.4 is 0 Å².